The van der Waals surface area contributed by atoms with Crippen molar-refractivity contribution >= 4 is 6.20 Å². The molecular formula is C22H19FN2. The Morgan fingerprint density at radius 2 is 1.56 bits per heavy atom. The van der Waals surface area contributed by atoms with Gasteiger partial charge in [-0.15, -0.1) is 0 Å². The molecule has 0 saturated heterocycles. The van der Waals surface area contributed by atoms with Crippen LogP contribution in [0.25, 0.3) is 6.20 Å². The first-order chi connectivity index (χ1) is 12.3. The van der Waals surface area contributed by atoms with Gasteiger partial charge in [0.05, 0.1) is 5.36 Å². The molecule has 25 heavy (non-hydrogen) atoms. The van der Waals surface area contributed by atoms with Crippen LogP contribution in [0.4, 0.5) is 4.39 Å². The summed E-state index contributed by atoms with van der Waals surface area (Å²) in [5.41, 5.74) is 2.30. The van der Waals surface area contributed by atoms with Crippen LogP contribution >= 0.6 is 0 Å². The van der Waals surface area contributed by atoms with Crippen molar-refractivity contribution < 1.29 is 4.39 Å². The molecule has 0 spiro atoms. The quantitative estimate of drug-likeness (QED) is 0.715. The molecule has 0 saturated carbocycles. The average molecular weight is 330 g/mol. The molecule has 124 valence electrons. The summed E-state index contributed by atoms with van der Waals surface area (Å²) in [6.45, 7) is 0.851. The fourth-order valence-electron chi connectivity index (χ4n) is 3.16. The fraction of sp³-hybridized carbons (Fsp3) is 0.136. The third kappa shape index (κ3) is 3.45. The van der Waals surface area contributed by atoms with E-state index in [9.17, 15) is 4.39 Å². The number of hydrogen-bond acceptors (Lipinski definition) is 2. The molecule has 3 aromatic rings. The first-order valence-corrected chi connectivity index (χ1v) is 8.49. The molecule has 0 aromatic heterocycles. The summed E-state index contributed by atoms with van der Waals surface area (Å²) in [5, 5.41) is 2.10. The van der Waals surface area contributed by atoms with Crippen LogP contribution < -0.4 is 10.6 Å². The van der Waals surface area contributed by atoms with Crippen molar-refractivity contribution in [2.24, 2.45) is 4.99 Å². The molecule has 1 atom stereocenters. The minimum atomic E-state index is -0.222. The van der Waals surface area contributed by atoms with Crippen molar-refractivity contribution in [1.29, 1.82) is 0 Å². The molecule has 0 aliphatic carbocycles. The van der Waals surface area contributed by atoms with Crippen LogP contribution in [0.3, 0.4) is 0 Å². The molecule has 1 aliphatic rings. The molecule has 1 unspecified atom stereocenters. The third-order valence-corrected chi connectivity index (χ3v) is 4.49. The molecule has 1 heterocycles. The topological polar surface area (TPSA) is 15.6 Å². The Morgan fingerprint density at radius 1 is 0.840 bits per heavy atom. The van der Waals surface area contributed by atoms with E-state index in [4.69, 9.17) is 4.99 Å². The van der Waals surface area contributed by atoms with E-state index in [0.29, 0.717) is 0 Å². The highest BCUT2D eigenvalue weighted by Crippen LogP contribution is 2.24. The maximum absolute atomic E-state index is 13.3. The maximum Gasteiger partial charge on any atom is 0.147 e. The fourth-order valence-corrected chi connectivity index (χ4v) is 3.16. The zero-order chi connectivity index (χ0) is 17.1. The standard InChI is InChI=1S/C22H19FN2/c23-20-12-10-18(11-13-20)22-24-21-9-5-4-8-19(21)16-25(22)15-14-17-6-2-1-3-7-17/h1-13,16,22H,14-15H2. The van der Waals surface area contributed by atoms with E-state index < -0.39 is 0 Å². The highest BCUT2D eigenvalue weighted by atomic mass is 19.1. The van der Waals surface area contributed by atoms with Crippen molar-refractivity contribution in [1.82, 2.24) is 4.90 Å². The van der Waals surface area contributed by atoms with E-state index in [1.54, 1.807) is 0 Å². The van der Waals surface area contributed by atoms with Gasteiger partial charge in [-0.25, -0.2) is 4.39 Å². The van der Waals surface area contributed by atoms with Crippen LogP contribution in [0.2, 0.25) is 0 Å². The van der Waals surface area contributed by atoms with E-state index in [1.165, 1.54) is 17.7 Å². The Morgan fingerprint density at radius 3 is 2.36 bits per heavy atom. The van der Waals surface area contributed by atoms with Crippen molar-refractivity contribution in [3.05, 3.63) is 106 Å². The zero-order valence-corrected chi connectivity index (χ0v) is 13.8. The largest absolute Gasteiger partial charge is 0.351 e. The summed E-state index contributed by atoms with van der Waals surface area (Å²) >= 11 is 0. The monoisotopic (exact) mass is 330 g/mol. The van der Waals surface area contributed by atoms with Gasteiger partial charge in [0.15, 0.2) is 0 Å². The first kappa shape index (κ1) is 15.6. The number of para-hydroxylation sites is 1. The molecule has 3 aromatic carbocycles. The SMILES string of the molecule is Fc1ccc(C2N=c3ccccc3=CN2CCc2ccccc2)cc1. The van der Waals surface area contributed by atoms with Crippen LogP contribution in [-0.4, -0.2) is 11.4 Å². The third-order valence-electron chi connectivity index (χ3n) is 4.49. The van der Waals surface area contributed by atoms with Gasteiger partial charge in [-0.3, -0.25) is 4.99 Å². The molecule has 0 fully saturated rings. The van der Waals surface area contributed by atoms with Gasteiger partial charge in [0.2, 0.25) is 0 Å². The Balaban J connectivity index is 1.68. The van der Waals surface area contributed by atoms with Gasteiger partial charge < -0.3 is 4.90 Å². The zero-order valence-electron chi connectivity index (χ0n) is 13.8. The van der Waals surface area contributed by atoms with Gasteiger partial charge in [0, 0.05) is 18.0 Å². The number of fused-ring (bicyclic) bond motifs is 1. The summed E-state index contributed by atoms with van der Waals surface area (Å²) in [5.74, 6) is -0.222. The van der Waals surface area contributed by atoms with Crippen LogP contribution in [0, 0.1) is 5.82 Å². The van der Waals surface area contributed by atoms with Crippen LogP contribution in [-0.2, 0) is 6.42 Å². The molecule has 1 aliphatic heterocycles. The van der Waals surface area contributed by atoms with Gasteiger partial charge in [-0.1, -0.05) is 60.7 Å². The number of rotatable bonds is 4. The number of halogens is 1. The van der Waals surface area contributed by atoms with E-state index in [2.05, 4.69) is 41.4 Å². The predicted molar refractivity (Wildman–Crippen MR) is 97.7 cm³/mol. The van der Waals surface area contributed by atoms with Crippen molar-refractivity contribution in [3.63, 3.8) is 0 Å². The summed E-state index contributed by atoms with van der Waals surface area (Å²) < 4.78 is 13.3. The smallest absolute Gasteiger partial charge is 0.147 e. The molecular weight excluding hydrogens is 311 g/mol. The molecule has 0 bridgehead atoms. The van der Waals surface area contributed by atoms with Gasteiger partial charge >= 0.3 is 0 Å². The molecule has 3 heteroatoms. The van der Waals surface area contributed by atoms with Crippen LogP contribution in [0.15, 0.2) is 83.9 Å². The molecule has 0 amide bonds. The maximum atomic E-state index is 13.3. The van der Waals surface area contributed by atoms with E-state index >= 15 is 0 Å². The van der Waals surface area contributed by atoms with E-state index in [-0.39, 0.29) is 12.0 Å². The van der Waals surface area contributed by atoms with Crippen molar-refractivity contribution in [3.8, 4) is 0 Å². The van der Waals surface area contributed by atoms with Gasteiger partial charge in [-0.2, -0.15) is 0 Å². The molecule has 2 nitrogen and oxygen atoms in total. The summed E-state index contributed by atoms with van der Waals surface area (Å²) in [6, 6.07) is 25.2. The minimum Gasteiger partial charge on any atom is -0.351 e. The predicted octanol–water partition coefficient (Wildman–Crippen LogP) is 3.44. The summed E-state index contributed by atoms with van der Waals surface area (Å²) in [4.78, 5) is 7.15. The van der Waals surface area contributed by atoms with Crippen LogP contribution in [0.1, 0.15) is 17.3 Å². The molecule has 4 rings (SSSR count). The lowest BCUT2D eigenvalue weighted by atomic mass is 10.1. The number of benzene rings is 3. The van der Waals surface area contributed by atoms with Gasteiger partial charge in [0.1, 0.15) is 12.0 Å². The average Bonchev–Trinajstić information content (AvgIpc) is 2.67. The Bertz CT molecular complexity index is 965. The lowest BCUT2D eigenvalue weighted by Crippen LogP contribution is -2.38. The first-order valence-electron chi connectivity index (χ1n) is 8.49. The van der Waals surface area contributed by atoms with Crippen molar-refractivity contribution in [2.75, 3.05) is 6.54 Å². The summed E-state index contributed by atoms with van der Waals surface area (Å²) in [6.07, 6.45) is 2.98. The Labute approximate surface area is 146 Å². The second-order valence-corrected chi connectivity index (χ2v) is 6.22. The second-order valence-electron chi connectivity index (χ2n) is 6.22. The molecule has 0 N–H and O–H groups in total. The highest BCUT2D eigenvalue weighted by Gasteiger charge is 2.19. The van der Waals surface area contributed by atoms with Gasteiger partial charge in [0.25, 0.3) is 0 Å². The van der Waals surface area contributed by atoms with Crippen molar-refractivity contribution in [2.45, 2.75) is 12.6 Å². The Kier molecular flexibility index (Phi) is 4.30. The number of nitrogens with zero attached hydrogens (tertiary/aromatic N) is 2. The lowest BCUT2D eigenvalue weighted by Gasteiger charge is -2.30. The molecule has 0 radical (unpaired) electrons. The minimum absolute atomic E-state index is 0.126. The second kappa shape index (κ2) is 6.89. The van der Waals surface area contributed by atoms with E-state index in [1.807, 2.05) is 36.4 Å². The van der Waals surface area contributed by atoms with Crippen LogP contribution in [0.5, 0.6) is 0 Å². The number of hydrogen-bond donors (Lipinski definition) is 0. The Hall–Kier alpha value is -2.94. The lowest BCUT2D eigenvalue weighted by molar-refractivity contribution is 0.309. The highest BCUT2D eigenvalue weighted by molar-refractivity contribution is 5.31. The summed E-state index contributed by atoms with van der Waals surface area (Å²) in [7, 11) is 0. The normalized spacial score (nSPS) is 15.9. The van der Waals surface area contributed by atoms with E-state index in [0.717, 1.165) is 29.1 Å². The van der Waals surface area contributed by atoms with Gasteiger partial charge in [-0.05, 0) is 35.7 Å².